The van der Waals surface area contributed by atoms with Gasteiger partial charge in [0.15, 0.2) is 0 Å². The van der Waals surface area contributed by atoms with Gasteiger partial charge in [-0.15, -0.1) is 0 Å². The number of amides is 2. The molecule has 0 saturated heterocycles. The van der Waals surface area contributed by atoms with E-state index in [-0.39, 0.29) is 17.9 Å². The zero-order valence-electron chi connectivity index (χ0n) is 10.9. The van der Waals surface area contributed by atoms with Crippen molar-refractivity contribution < 1.29 is 9.59 Å². The van der Waals surface area contributed by atoms with Crippen molar-refractivity contribution in [3.8, 4) is 0 Å². The zero-order chi connectivity index (χ0) is 14.3. The highest BCUT2D eigenvalue weighted by Crippen LogP contribution is 2.31. The predicted octanol–water partition coefficient (Wildman–Crippen LogP) is 2.02. The molecule has 1 aromatic heterocycles. The van der Waals surface area contributed by atoms with Crippen molar-refractivity contribution >= 4 is 17.5 Å². The van der Waals surface area contributed by atoms with Crippen LogP contribution in [0.4, 0.5) is 5.69 Å². The number of aromatic nitrogens is 1. The maximum Gasteiger partial charge on any atom is 0.262 e. The number of fused-ring (bicyclic) bond motifs is 1. The summed E-state index contributed by atoms with van der Waals surface area (Å²) in [5.41, 5.74) is 7.80. The number of hydrogen-bond donors (Lipinski definition) is 1. The summed E-state index contributed by atoms with van der Waals surface area (Å²) in [4.78, 5) is 30.0. The van der Waals surface area contributed by atoms with Gasteiger partial charge in [-0.25, -0.2) is 0 Å². The summed E-state index contributed by atoms with van der Waals surface area (Å²) in [5.74, 6) is -0.587. The fourth-order valence-electron chi connectivity index (χ4n) is 2.42. The Morgan fingerprint density at radius 3 is 2.40 bits per heavy atom. The van der Waals surface area contributed by atoms with E-state index in [0.717, 1.165) is 5.56 Å². The van der Waals surface area contributed by atoms with Crippen molar-refractivity contribution in [2.75, 3.05) is 5.73 Å². The van der Waals surface area contributed by atoms with Gasteiger partial charge in [0.05, 0.1) is 17.2 Å². The van der Waals surface area contributed by atoms with Gasteiger partial charge >= 0.3 is 0 Å². The fourth-order valence-corrected chi connectivity index (χ4v) is 2.42. The van der Waals surface area contributed by atoms with Crippen LogP contribution in [0.2, 0.25) is 0 Å². The largest absolute Gasteiger partial charge is 0.399 e. The van der Waals surface area contributed by atoms with Gasteiger partial charge < -0.3 is 5.73 Å². The molecule has 2 amide bonds. The Hall–Kier alpha value is -2.69. The number of nitrogen functional groups attached to an aromatic ring is 1. The van der Waals surface area contributed by atoms with Crippen molar-refractivity contribution in [3.63, 3.8) is 0 Å². The molecule has 0 saturated carbocycles. The molecule has 1 atom stereocenters. The Morgan fingerprint density at radius 2 is 1.70 bits per heavy atom. The third-order valence-corrected chi connectivity index (χ3v) is 3.52. The smallest absolute Gasteiger partial charge is 0.262 e. The third-order valence-electron chi connectivity index (χ3n) is 3.52. The van der Waals surface area contributed by atoms with Gasteiger partial charge in [0.1, 0.15) is 0 Å². The SMILES string of the molecule is CC(c1ccncc1)N1C(=O)c2ccc(N)cc2C1=O. The van der Waals surface area contributed by atoms with E-state index in [9.17, 15) is 9.59 Å². The summed E-state index contributed by atoms with van der Waals surface area (Å²) < 4.78 is 0. The second kappa shape index (κ2) is 4.45. The monoisotopic (exact) mass is 267 g/mol. The molecule has 100 valence electrons. The molecular formula is C15H13N3O2. The molecule has 2 N–H and O–H groups in total. The van der Waals surface area contributed by atoms with Crippen LogP contribution >= 0.6 is 0 Å². The third kappa shape index (κ3) is 1.75. The van der Waals surface area contributed by atoms with Gasteiger partial charge in [0, 0.05) is 18.1 Å². The second-order valence-electron chi connectivity index (χ2n) is 4.74. The number of nitrogens with zero attached hydrogens (tertiary/aromatic N) is 2. The Kier molecular flexibility index (Phi) is 2.75. The summed E-state index contributed by atoms with van der Waals surface area (Å²) >= 11 is 0. The highest BCUT2D eigenvalue weighted by Gasteiger charge is 2.38. The van der Waals surface area contributed by atoms with E-state index < -0.39 is 0 Å². The quantitative estimate of drug-likeness (QED) is 0.667. The van der Waals surface area contributed by atoms with E-state index in [2.05, 4.69) is 4.98 Å². The first-order valence-corrected chi connectivity index (χ1v) is 6.27. The number of pyridine rings is 1. The van der Waals surface area contributed by atoms with E-state index in [1.807, 2.05) is 6.92 Å². The van der Waals surface area contributed by atoms with Crippen LogP contribution in [-0.2, 0) is 0 Å². The maximum absolute atomic E-state index is 12.4. The minimum atomic E-state index is -0.341. The highest BCUT2D eigenvalue weighted by molar-refractivity contribution is 6.21. The molecule has 5 heteroatoms. The topological polar surface area (TPSA) is 76.3 Å². The lowest BCUT2D eigenvalue weighted by molar-refractivity contribution is 0.0595. The number of hydrogen-bond acceptors (Lipinski definition) is 4. The molecule has 2 aromatic rings. The first kappa shape index (κ1) is 12.3. The number of nitrogens with two attached hydrogens (primary N) is 1. The van der Waals surface area contributed by atoms with Crippen molar-refractivity contribution in [1.29, 1.82) is 0 Å². The van der Waals surface area contributed by atoms with E-state index in [1.54, 1.807) is 42.7 Å². The summed E-state index contributed by atoms with van der Waals surface area (Å²) in [5, 5.41) is 0. The Balaban J connectivity index is 2.02. The fraction of sp³-hybridized carbons (Fsp3) is 0.133. The molecule has 1 aromatic carbocycles. The van der Waals surface area contributed by atoms with Gasteiger partial charge in [-0.05, 0) is 42.8 Å². The number of anilines is 1. The van der Waals surface area contributed by atoms with Crippen LogP contribution in [0, 0.1) is 0 Å². The number of rotatable bonds is 2. The molecule has 0 fully saturated rings. The maximum atomic E-state index is 12.4. The van der Waals surface area contributed by atoms with Gasteiger partial charge in [0.2, 0.25) is 0 Å². The lowest BCUT2D eigenvalue weighted by atomic mass is 10.1. The van der Waals surface area contributed by atoms with Crippen LogP contribution in [0.3, 0.4) is 0 Å². The van der Waals surface area contributed by atoms with Crippen LogP contribution in [0.1, 0.15) is 39.2 Å². The number of carbonyl (C=O) groups excluding carboxylic acids is 2. The van der Waals surface area contributed by atoms with Crippen LogP contribution in [0.5, 0.6) is 0 Å². The molecule has 3 rings (SSSR count). The Morgan fingerprint density at radius 1 is 1.05 bits per heavy atom. The number of benzene rings is 1. The molecular weight excluding hydrogens is 254 g/mol. The average molecular weight is 267 g/mol. The minimum Gasteiger partial charge on any atom is -0.399 e. The summed E-state index contributed by atoms with van der Waals surface area (Å²) in [7, 11) is 0. The predicted molar refractivity (Wildman–Crippen MR) is 74.0 cm³/mol. The average Bonchev–Trinajstić information content (AvgIpc) is 2.71. The minimum absolute atomic E-state index is 0.283. The first-order valence-electron chi connectivity index (χ1n) is 6.27. The van der Waals surface area contributed by atoms with Crippen LogP contribution in [0.25, 0.3) is 0 Å². The Bertz CT molecular complexity index is 698. The van der Waals surface area contributed by atoms with Crippen molar-refractivity contribution in [2.45, 2.75) is 13.0 Å². The van der Waals surface area contributed by atoms with E-state index in [1.165, 1.54) is 4.90 Å². The summed E-state index contributed by atoms with van der Waals surface area (Å²) in [6, 6.07) is 8.03. The number of imide groups is 1. The zero-order valence-corrected chi connectivity index (χ0v) is 10.9. The lowest BCUT2D eigenvalue weighted by Gasteiger charge is -2.22. The number of carbonyl (C=O) groups is 2. The van der Waals surface area contributed by atoms with Crippen molar-refractivity contribution in [2.24, 2.45) is 0 Å². The molecule has 0 bridgehead atoms. The normalized spacial score (nSPS) is 15.3. The molecule has 5 nitrogen and oxygen atoms in total. The first-order chi connectivity index (χ1) is 9.59. The molecule has 0 aliphatic carbocycles. The lowest BCUT2D eigenvalue weighted by Crippen LogP contribution is -2.32. The molecule has 1 aliphatic rings. The molecule has 1 aliphatic heterocycles. The van der Waals surface area contributed by atoms with Gasteiger partial charge in [0.25, 0.3) is 11.8 Å². The van der Waals surface area contributed by atoms with Crippen molar-refractivity contribution in [3.05, 3.63) is 59.4 Å². The van der Waals surface area contributed by atoms with Crippen LogP contribution < -0.4 is 5.73 Å². The second-order valence-corrected chi connectivity index (χ2v) is 4.74. The molecule has 1 unspecified atom stereocenters. The molecule has 0 spiro atoms. The van der Waals surface area contributed by atoms with Gasteiger partial charge in [-0.1, -0.05) is 0 Å². The highest BCUT2D eigenvalue weighted by atomic mass is 16.2. The van der Waals surface area contributed by atoms with E-state index >= 15 is 0 Å². The molecule has 0 radical (unpaired) electrons. The van der Waals surface area contributed by atoms with Gasteiger partial charge in [-0.3, -0.25) is 19.5 Å². The van der Waals surface area contributed by atoms with Crippen molar-refractivity contribution in [1.82, 2.24) is 9.88 Å². The summed E-state index contributed by atoms with van der Waals surface area (Å²) in [6.45, 7) is 1.82. The van der Waals surface area contributed by atoms with Gasteiger partial charge in [-0.2, -0.15) is 0 Å². The van der Waals surface area contributed by atoms with Crippen LogP contribution in [-0.4, -0.2) is 21.7 Å². The molecule has 2 heterocycles. The van der Waals surface area contributed by atoms with E-state index in [0.29, 0.717) is 16.8 Å². The Labute approximate surface area is 116 Å². The standard InChI is InChI=1S/C15H13N3O2/c1-9(10-4-6-17-7-5-10)18-14(19)12-3-2-11(16)8-13(12)15(18)20/h2-9H,16H2,1H3. The molecule has 20 heavy (non-hydrogen) atoms. The van der Waals surface area contributed by atoms with E-state index in [4.69, 9.17) is 5.73 Å². The van der Waals surface area contributed by atoms with Crippen LogP contribution in [0.15, 0.2) is 42.7 Å². The summed E-state index contributed by atoms with van der Waals surface area (Å²) in [6.07, 6.45) is 3.28.